The Hall–Kier alpha value is -0.0431. The molecule has 0 saturated carbocycles. The standard InChI is InChI=1S/C21H43Si/c1-4-5-6-7-8-9-10-11-12-13-14-15-16-17-18-19-20-21-22(2)3/h4H,1,5-21H2,2-3H3. The normalized spacial score (nSPS) is 11.2. The number of hydrogen-bond acceptors (Lipinski definition) is 0. The van der Waals surface area contributed by atoms with E-state index in [4.69, 9.17) is 0 Å². The minimum absolute atomic E-state index is 0.0415. The van der Waals surface area contributed by atoms with E-state index < -0.39 is 0 Å². The zero-order valence-electron chi connectivity index (χ0n) is 15.8. The summed E-state index contributed by atoms with van der Waals surface area (Å²) in [4.78, 5) is 0. The first-order valence-corrected chi connectivity index (χ1v) is 12.9. The van der Waals surface area contributed by atoms with Gasteiger partial charge in [-0.25, -0.2) is 0 Å². The molecule has 0 aromatic carbocycles. The molecule has 0 amide bonds. The van der Waals surface area contributed by atoms with Crippen molar-refractivity contribution >= 4 is 8.80 Å². The highest BCUT2D eigenvalue weighted by Gasteiger charge is 1.96. The lowest BCUT2D eigenvalue weighted by Crippen LogP contribution is -1.97. The van der Waals surface area contributed by atoms with Crippen molar-refractivity contribution in [1.82, 2.24) is 0 Å². The molecule has 1 radical (unpaired) electrons. The summed E-state index contributed by atoms with van der Waals surface area (Å²) in [6.07, 6.45) is 25.2. The van der Waals surface area contributed by atoms with E-state index in [0.717, 1.165) is 0 Å². The second kappa shape index (κ2) is 19.0. The number of unbranched alkanes of at least 4 members (excludes halogenated alkanes) is 15. The maximum atomic E-state index is 3.78. The lowest BCUT2D eigenvalue weighted by molar-refractivity contribution is 0.532. The van der Waals surface area contributed by atoms with E-state index in [2.05, 4.69) is 19.7 Å². The number of rotatable bonds is 18. The average molecular weight is 324 g/mol. The van der Waals surface area contributed by atoms with Gasteiger partial charge in [0.15, 0.2) is 0 Å². The molecule has 0 aliphatic carbocycles. The summed E-state index contributed by atoms with van der Waals surface area (Å²) in [7, 11) is 0.0415. The van der Waals surface area contributed by atoms with Crippen LogP contribution < -0.4 is 0 Å². The van der Waals surface area contributed by atoms with Gasteiger partial charge < -0.3 is 0 Å². The van der Waals surface area contributed by atoms with Gasteiger partial charge in [-0.05, 0) is 12.8 Å². The largest absolute Gasteiger partial charge is 0.103 e. The summed E-state index contributed by atoms with van der Waals surface area (Å²) >= 11 is 0. The fourth-order valence-corrected chi connectivity index (χ4v) is 4.02. The summed E-state index contributed by atoms with van der Waals surface area (Å²) in [5.41, 5.74) is 0. The summed E-state index contributed by atoms with van der Waals surface area (Å²) in [5, 5.41) is 0. The van der Waals surface area contributed by atoms with Gasteiger partial charge in [-0.3, -0.25) is 0 Å². The Balaban J connectivity index is 2.95. The summed E-state index contributed by atoms with van der Waals surface area (Å²) in [5.74, 6) is 0. The van der Waals surface area contributed by atoms with Crippen LogP contribution in [0.4, 0.5) is 0 Å². The molecular formula is C21H43Si. The van der Waals surface area contributed by atoms with Crippen LogP contribution in [0, 0.1) is 0 Å². The van der Waals surface area contributed by atoms with Crippen molar-refractivity contribution in [2.45, 2.75) is 122 Å². The Kier molecular flexibility index (Phi) is 19.0. The third kappa shape index (κ3) is 20.0. The Morgan fingerprint density at radius 1 is 0.545 bits per heavy atom. The number of hydrogen-bond donors (Lipinski definition) is 0. The van der Waals surface area contributed by atoms with Crippen molar-refractivity contribution < 1.29 is 0 Å². The summed E-state index contributed by atoms with van der Waals surface area (Å²) in [6.45, 7) is 8.65. The molecule has 0 unspecified atom stereocenters. The molecule has 0 rings (SSSR count). The topological polar surface area (TPSA) is 0 Å². The van der Waals surface area contributed by atoms with E-state index in [1.165, 1.54) is 109 Å². The smallest absolute Gasteiger partial charge is 0.0412 e. The van der Waals surface area contributed by atoms with Gasteiger partial charge in [0.05, 0.1) is 0 Å². The van der Waals surface area contributed by atoms with Crippen LogP contribution in [-0.4, -0.2) is 8.80 Å². The Labute approximate surface area is 143 Å². The highest BCUT2D eigenvalue weighted by atomic mass is 28.3. The van der Waals surface area contributed by atoms with Gasteiger partial charge in [0.1, 0.15) is 0 Å². The second-order valence-electron chi connectivity index (χ2n) is 7.34. The molecule has 0 N–H and O–H groups in total. The van der Waals surface area contributed by atoms with Gasteiger partial charge >= 0.3 is 0 Å². The fourth-order valence-electron chi connectivity index (χ4n) is 3.07. The minimum Gasteiger partial charge on any atom is -0.103 e. The molecule has 0 aliphatic heterocycles. The molecule has 0 fully saturated rings. The van der Waals surface area contributed by atoms with Crippen molar-refractivity contribution in [3.05, 3.63) is 12.7 Å². The van der Waals surface area contributed by atoms with E-state index in [1.807, 2.05) is 6.08 Å². The van der Waals surface area contributed by atoms with Crippen LogP contribution in [0.2, 0.25) is 19.1 Å². The maximum Gasteiger partial charge on any atom is 0.0412 e. The van der Waals surface area contributed by atoms with Gasteiger partial charge in [-0.1, -0.05) is 115 Å². The Morgan fingerprint density at radius 2 is 0.864 bits per heavy atom. The third-order valence-electron chi connectivity index (χ3n) is 4.59. The molecule has 0 saturated heterocycles. The summed E-state index contributed by atoms with van der Waals surface area (Å²) < 4.78 is 0. The van der Waals surface area contributed by atoms with Gasteiger partial charge in [0, 0.05) is 8.80 Å². The van der Waals surface area contributed by atoms with Crippen LogP contribution in [0.5, 0.6) is 0 Å². The molecular weight excluding hydrogens is 280 g/mol. The van der Waals surface area contributed by atoms with E-state index in [-0.39, 0.29) is 8.80 Å². The molecule has 0 atom stereocenters. The highest BCUT2D eigenvalue weighted by molar-refractivity contribution is 6.55. The molecule has 131 valence electrons. The maximum absolute atomic E-state index is 3.78. The van der Waals surface area contributed by atoms with Crippen LogP contribution >= 0.6 is 0 Å². The van der Waals surface area contributed by atoms with Crippen LogP contribution in [0.3, 0.4) is 0 Å². The zero-order valence-corrected chi connectivity index (χ0v) is 16.8. The predicted octanol–water partition coefficient (Wildman–Crippen LogP) is 8.17. The van der Waals surface area contributed by atoms with E-state index >= 15 is 0 Å². The first kappa shape index (κ1) is 22.0. The van der Waals surface area contributed by atoms with Crippen molar-refractivity contribution in [2.75, 3.05) is 0 Å². The molecule has 0 aliphatic rings. The minimum atomic E-state index is 0.0415. The first-order valence-electron chi connectivity index (χ1n) is 10.2. The van der Waals surface area contributed by atoms with Crippen LogP contribution in [0.15, 0.2) is 12.7 Å². The summed E-state index contributed by atoms with van der Waals surface area (Å²) in [6, 6.07) is 1.53. The predicted molar refractivity (Wildman–Crippen MR) is 106 cm³/mol. The van der Waals surface area contributed by atoms with Gasteiger partial charge in [0.2, 0.25) is 0 Å². The van der Waals surface area contributed by atoms with Crippen LogP contribution in [-0.2, 0) is 0 Å². The highest BCUT2D eigenvalue weighted by Crippen LogP contribution is 2.14. The second-order valence-corrected chi connectivity index (χ2v) is 10.3. The molecule has 0 aromatic rings. The van der Waals surface area contributed by atoms with Gasteiger partial charge in [-0.2, -0.15) is 0 Å². The quantitative estimate of drug-likeness (QED) is 0.135. The Bertz CT molecular complexity index is 210. The lowest BCUT2D eigenvalue weighted by atomic mass is 10.0. The molecule has 0 heterocycles. The Morgan fingerprint density at radius 3 is 1.18 bits per heavy atom. The molecule has 0 spiro atoms. The van der Waals surface area contributed by atoms with E-state index in [1.54, 1.807) is 0 Å². The van der Waals surface area contributed by atoms with E-state index in [9.17, 15) is 0 Å². The average Bonchev–Trinajstić information content (AvgIpc) is 2.50. The fraction of sp³-hybridized carbons (Fsp3) is 0.905. The lowest BCUT2D eigenvalue weighted by Gasteiger charge is -2.04. The zero-order chi connectivity index (χ0) is 16.3. The molecule has 1 heteroatoms. The van der Waals surface area contributed by atoms with Crippen molar-refractivity contribution in [2.24, 2.45) is 0 Å². The monoisotopic (exact) mass is 323 g/mol. The first-order chi connectivity index (χ1) is 10.8. The van der Waals surface area contributed by atoms with Gasteiger partial charge in [-0.15, -0.1) is 6.58 Å². The molecule has 0 nitrogen and oxygen atoms in total. The van der Waals surface area contributed by atoms with Crippen LogP contribution in [0.25, 0.3) is 0 Å². The SMILES string of the molecule is C=CCCCCCCCCCCCCCCCCC[Si](C)C. The molecule has 0 bridgehead atoms. The number of allylic oxidation sites excluding steroid dienone is 1. The van der Waals surface area contributed by atoms with Gasteiger partial charge in [0.25, 0.3) is 0 Å². The van der Waals surface area contributed by atoms with Crippen LogP contribution in [0.1, 0.15) is 103 Å². The molecule has 0 aromatic heterocycles. The molecule has 22 heavy (non-hydrogen) atoms. The van der Waals surface area contributed by atoms with Crippen molar-refractivity contribution in [1.29, 1.82) is 0 Å². The third-order valence-corrected chi connectivity index (χ3v) is 5.94. The van der Waals surface area contributed by atoms with Crippen molar-refractivity contribution in [3.8, 4) is 0 Å². The van der Waals surface area contributed by atoms with E-state index in [0.29, 0.717) is 0 Å². The van der Waals surface area contributed by atoms with Crippen molar-refractivity contribution in [3.63, 3.8) is 0 Å².